The van der Waals surface area contributed by atoms with Crippen LogP contribution in [0.3, 0.4) is 0 Å². The molecule has 4 rings (SSSR count). The molecule has 1 amide bonds. The number of anilines is 1. The van der Waals surface area contributed by atoms with Gasteiger partial charge in [-0.25, -0.2) is 4.98 Å². The Bertz CT molecular complexity index is 1130. The molecule has 2 aromatic heterocycles. The Hall–Kier alpha value is -3.67. The molecule has 0 saturated carbocycles. The zero-order chi connectivity index (χ0) is 20.9. The van der Waals surface area contributed by atoms with Crippen molar-refractivity contribution in [2.75, 3.05) is 11.9 Å². The highest BCUT2D eigenvalue weighted by molar-refractivity contribution is 6.05. The Kier molecular flexibility index (Phi) is 5.75. The van der Waals surface area contributed by atoms with E-state index >= 15 is 0 Å². The number of pyridine rings is 1. The van der Waals surface area contributed by atoms with E-state index < -0.39 is 0 Å². The number of nitrogens with one attached hydrogen (secondary N) is 1. The number of hydrogen-bond donors (Lipinski definition) is 1. The van der Waals surface area contributed by atoms with Gasteiger partial charge in [0.15, 0.2) is 11.2 Å². The summed E-state index contributed by atoms with van der Waals surface area (Å²) in [6, 6.07) is 16.5. The molecule has 2 heterocycles. The Balaban J connectivity index is 1.51. The van der Waals surface area contributed by atoms with Crippen LogP contribution in [-0.2, 0) is 0 Å². The summed E-state index contributed by atoms with van der Waals surface area (Å²) in [7, 11) is 0. The lowest BCUT2D eigenvalue weighted by Crippen LogP contribution is -2.12. The number of benzene rings is 2. The van der Waals surface area contributed by atoms with Gasteiger partial charge >= 0.3 is 0 Å². The molecule has 0 aliphatic rings. The van der Waals surface area contributed by atoms with Gasteiger partial charge in [-0.15, -0.1) is 0 Å². The van der Waals surface area contributed by atoms with Gasteiger partial charge in [0.2, 0.25) is 5.89 Å². The predicted molar refractivity (Wildman–Crippen MR) is 117 cm³/mol. The first-order valence-electron chi connectivity index (χ1n) is 10.0. The van der Waals surface area contributed by atoms with Crippen LogP contribution in [0.4, 0.5) is 5.69 Å². The van der Waals surface area contributed by atoms with Crippen LogP contribution in [0.15, 0.2) is 65.2 Å². The number of aryl methyl sites for hydroxylation is 1. The minimum absolute atomic E-state index is 0.186. The summed E-state index contributed by atoms with van der Waals surface area (Å²) in [5.74, 6) is 1.05. The summed E-state index contributed by atoms with van der Waals surface area (Å²) in [5.41, 5.74) is 4.17. The van der Waals surface area contributed by atoms with Crippen molar-refractivity contribution >= 4 is 22.8 Å². The van der Waals surface area contributed by atoms with Crippen molar-refractivity contribution < 1.29 is 13.9 Å². The van der Waals surface area contributed by atoms with Gasteiger partial charge in [0.1, 0.15) is 5.75 Å². The molecule has 2 aromatic carbocycles. The third-order valence-electron chi connectivity index (χ3n) is 4.78. The number of aromatic nitrogens is 2. The summed E-state index contributed by atoms with van der Waals surface area (Å²) in [5, 5.41) is 2.98. The van der Waals surface area contributed by atoms with Gasteiger partial charge in [0.05, 0.1) is 6.61 Å². The first-order chi connectivity index (χ1) is 14.6. The van der Waals surface area contributed by atoms with E-state index in [1.165, 1.54) is 0 Å². The molecule has 0 aliphatic carbocycles. The van der Waals surface area contributed by atoms with E-state index in [0.717, 1.165) is 29.7 Å². The number of oxazole rings is 1. The fraction of sp³-hybridized carbons (Fsp3) is 0.208. The fourth-order valence-corrected chi connectivity index (χ4v) is 3.01. The van der Waals surface area contributed by atoms with E-state index in [1.54, 1.807) is 24.4 Å². The normalized spacial score (nSPS) is 10.9. The van der Waals surface area contributed by atoms with Crippen LogP contribution in [0, 0.1) is 6.92 Å². The van der Waals surface area contributed by atoms with Crippen LogP contribution >= 0.6 is 0 Å². The maximum absolute atomic E-state index is 12.7. The molecule has 0 unspecified atom stereocenters. The van der Waals surface area contributed by atoms with Gasteiger partial charge in [-0.2, -0.15) is 4.98 Å². The standard InChI is InChI=1S/C24H23N3O3/c1-3-4-14-29-19-11-9-17(10-12-19)23(28)26-20-15-18(8-7-16(20)2)24-27-22-21(30-24)6-5-13-25-22/h5-13,15H,3-4,14H2,1-2H3,(H,26,28). The first-order valence-corrected chi connectivity index (χ1v) is 10.0. The van der Waals surface area contributed by atoms with Crippen LogP contribution in [-0.4, -0.2) is 22.5 Å². The van der Waals surface area contributed by atoms with E-state index in [0.29, 0.717) is 35.0 Å². The lowest BCUT2D eigenvalue weighted by Gasteiger charge is -2.10. The van der Waals surface area contributed by atoms with Gasteiger partial charge in [0, 0.05) is 23.0 Å². The lowest BCUT2D eigenvalue weighted by molar-refractivity contribution is 0.102. The monoisotopic (exact) mass is 401 g/mol. The van der Waals surface area contributed by atoms with E-state index in [-0.39, 0.29) is 5.91 Å². The second-order valence-electron chi connectivity index (χ2n) is 7.05. The first kappa shape index (κ1) is 19.6. The van der Waals surface area contributed by atoms with Gasteiger partial charge < -0.3 is 14.5 Å². The fourth-order valence-electron chi connectivity index (χ4n) is 3.01. The second-order valence-corrected chi connectivity index (χ2v) is 7.05. The molecule has 6 heteroatoms. The molecule has 0 bridgehead atoms. The van der Waals surface area contributed by atoms with E-state index in [4.69, 9.17) is 9.15 Å². The molecule has 0 aliphatic heterocycles. The minimum Gasteiger partial charge on any atom is -0.494 e. The van der Waals surface area contributed by atoms with Crippen LogP contribution in [0.25, 0.3) is 22.7 Å². The highest BCUT2D eigenvalue weighted by Crippen LogP contribution is 2.27. The number of hydrogen-bond acceptors (Lipinski definition) is 5. The number of carbonyl (C=O) groups excluding carboxylic acids is 1. The SMILES string of the molecule is CCCCOc1ccc(C(=O)Nc2cc(-c3nc4ncccc4o3)ccc2C)cc1. The lowest BCUT2D eigenvalue weighted by atomic mass is 10.1. The largest absolute Gasteiger partial charge is 0.494 e. The number of unbranched alkanes of at least 4 members (excludes halogenated alkanes) is 1. The second kappa shape index (κ2) is 8.78. The molecule has 0 fully saturated rings. The van der Waals surface area contributed by atoms with Crippen molar-refractivity contribution in [3.05, 3.63) is 71.9 Å². The van der Waals surface area contributed by atoms with Crippen molar-refractivity contribution in [1.82, 2.24) is 9.97 Å². The summed E-state index contributed by atoms with van der Waals surface area (Å²) in [6.45, 7) is 4.74. The quantitative estimate of drug-likeness (QED) is 0.406. The third kappa shape index (κ3) is 4.33. The summed E-state index contributed by atoms with van der Waals surface area (Å²) in [4.78, 5) is 21.4. The minimum atomic E-state index is -0.186. The topological polar surface area (TPSA) is 77.2 Å². The molecular weight excluding hydrogens is 378 g/mol. The number of ether oxygens (including phenoxy) is 1. The zero-order valence-corrected chi connectivity index (χ0v) is 17.0. The average molecular weight is 401 g/mol. The van der Waals surface area contributed by atoms with Crippen molar-refractivity contribution in [2.45, 2.75) is 26.7 Å². The number of nitrogens with zero attached hydrogens (tertiary/aromatic N) is 2. The maximum Gasteiger partial charge on any atom is 0.255 e. The third-order valence-corrected chi connectivity index (χ3v) is 4.78. The number of rotatable bonds is 7. The smallest absolute Gasteiger partial charge is 0.255 e. The van der Waals surface area contributed by atoms with Crippen LogP contribution in [0.5, 0.6) is 5.75 Å². The number of fused-ring (bicyclic) bond motifs is 1. The molecule has 1 N–H and O–H groups in total. The Morgan fingerprint density at radius 1 is 1.13 bits per heavy atom. The van der Waals surface area contributed by atoms with Crippen LogP contribution in [0.2, 0.25) is 0 Å². The molecule has 152 valence electrons. The molecule has 30 heavy (non-hydrogen) atoms. The van der Waals surface area contributed by atoms with E-state index in [9.17, 15) is 4.79 Å². The number of amides is 1. The Morgan fingerprint density at radius 3 is 2.73 bits per heavy atom. The molecular formula is C24H23N3O3. The zero-order valence-electron chi connectivity index (χ0n) is 17.0. The summed E-state index contributed by atoms with van der Waals surface area (Å²) < 4.78 is 11.4. The number of carbonyl (C=O) groups is 1. The highest BCUT2D eigenvalue weighted by Gasteiger charge is 2.13. The summed E-state index contributed by atoms with van der Waals surface area (Å²) in [6.07, 6.45) is 3.77. The molecule has 0 saturated heterocycles. The predicted octanol–water partition coefficient (Wildman–Crippen LogP) is 5.63. The summed E-state index contributed by atoms with van der Waals surface area (Å²) >= 11 is 0. The Morgan fingerprint density at radius 2 is 1.97 bits per heavy atom. The Labute approximate surface area is 174 Å². The van der Waals surface area contributed by atoms with Crippen molar-refractivity contribution in [2.24, 2.45) is 0 Å². The van der Waals surface area contributed by atoms with Gasteiger partial charge in [-0.1, -0.05) is 19.4 Å². The highest BCUT2D eigenvalue weighted by atomic mass is 16.5. The maximum atomic E-state index is 12.7. The van der Waals surface area contributed by atoms with Gasteiger partial charge in [0.25, 0.3) is 5.91 Å². The molecule has 0 spiro atoms. The van der Waals surface area contributed by atoms with Gasteiger partial charge in [-0.3, -0.25) is 4.79 Å². The van der Waals surface area contributed by atoms with Crippen LogP contribution < -0.4 is 10.1 Å². The van der Waals surface area contributed by atoms with Crippen molar-refractivity contribution in [1.29, 1.82) is 0 Å². The molecule has 0 radical (unpaired) electrons. The molecule has 4 aromatic rings. The molecule has 0 atom stereocenters. The van der Waals surface area contributed by atoms with Gasteiger partial charge in [-0.05, 0) is 67.4 Å². The van der Waals surface area contributed by atoms with Crippen LogP contribution in [0.1, 0.15) is 35.7 Å². The van der Waals surface area contributed by atoms with E-state index in [2.05, 4.69) is 22.2 Å². The van der Waals surface area contributed by atoms with Crippen molar-refractivity contribution in [3.63, 3.8) is 0 Å². The van der Waals surface area contributed by atoms with Crippen molar-refractivity contribution in [3.8, 4) is 17.2 Å². The average Bonchev–Trinajstić information content (AvgIpc) is 3.20. The van der Waals surface area contributed by atoms with E-state index in [1.807, 2.05) is 43.3 Å². The molecule has 6 nitrogen and oxygen atoms in total.